The van der Waals surface area contributed by atoms with Gasteiger partial charge in [0, 0.05) is 18.2 Å². The summed E-state index contributed by atoms with van der Waals surface area (Å²) < 4.78 is 42.8. The van der Waals surface area contributed by atoms with Gasteiger partial charge in [-0.15, -0.1) is 6.58 Å². The van der Waals surface area contributed by atoms with E-state index in [9.17, 15) is 17.6 Å². The van der Waals surface area contributed by atoms with Gasteiger partial charge in [-0.05, 0) is 48.9 Å². The molecule has 1 aromatic heterocycles. The van der Waals surface area contributed by atoms with Crippen molar-refractivity contribution in [2.75, 3.05) is 12.9 Å². The molecule has 0 unspecified atom stereocenters. The van der Waals surface area contributed by atoms with E-state index in [0.29, 0.717) is 28.8 Å². The second-order valence-electron chi connectivity index (χ2n) is 6.96. The minimum Gasteiger partial charge on any atom is -0.487 e. The van der Waals surface area contributed by atoms with Crippen LogP contribution in [0.1, 0.15) is 13.3 Å². The molecule has 0 atom stereocenters. The summed E-state index contributed by atoms with van der Waals surface area (Å²) in [5.74, 6) is -0.349. The Morgan fingerprint density at radius 1 is 1.10 bits per heavy atom. The molecule has 0 saturated carbocycles. The summed E-state index contributed by atoms with van der Waals surface area (Å²) in [6.07, 6.45) is 1.67. The van der Waals surface area contributed by atoms with Gasteiger partial charge in [0.05, 0.1) is 17.1 Å². The average molecular weight is 428 g/mol. The number of sulfone groups is 1. The maximum Gasteiger partial charge on any atom is 0.307 e. The second kappa shape index (κ2) is 8.62. The van der Waals surface area contributed by atoms with E-state index >= 15 is 0 Å². The Morgan fingerprint density at radius 2 is 1.70 bits per heavy atom. The van der Waals surface area contributed by atoms with Gasteiger partial charge in [0.1, 0.15) is 11.5 Å². The Bertz CT molecular complexity index is 1230. The second-order valence-corrected chi connectivity index (χ2v) is 8.98. The predicted molar refractivity (Wildman–Crippen MR) is 114 cm³/mol. The van der Waals surface area contributed by atoms with Gasteiger partial charge in [-0.2, -0.15) is 5.10 Å². The normalized spacial score (nSPS) is 11.3. The van der Waals surface area contributed by atoms with Gasteiger partial charge in [-0.1, -0.05) is 17.7 Å². The number of benzene rings is 2. The van der Waals surface area contributed by atoms with Gasteiger partial charge in [0.2, 0.25) is 0 Å². The fourth-order valence-electron chi connectivity index (χ4n) is 2.85. The van der Waals surface area contributed by atoms with Crippen LogP contribution in [0.15, 0.2) is 70.4 Å². The third-order valence-corrected chi connectivity index (χ3v) is 5.53. The highest BCUT2D eigenvalue weighted by atomic mass is 32.2. The number of ether oxygens (including phenoxy) is 1. The summed E-state index contributed by atoms with van der Waals surface area (Å²) in [6, 6.07) is 11.8. The topological polar surface area (TPSA) is 89.1 Å². The van der Waals surface area contributed by atoms with E-state index in [4.69, 9.17) is 4.74 Å². The van der Waals surface area contributed by atoms with E-state index in [0.717, 1.165) is 11.8 Å². The molecule has 0 aliphatic carbocycles. The monoisotopic (exact) mass is 428 g/mol. The highest BCUT2D eigenvalue weighted by Gasteiger charge is 2.20. The number of hydrogen-bond acceptors (Lipinski definition) is 5. The van der Waals surface area contributed by atoms with Crippen molar-refractivity contribution in [3.63, 3.8) is 0 Å². The van der Waals surface area contributed by atoms with Crippen molar-refractivity contribution in [2.45, 2.75) is 18.2 Å². The molecule has 8 heteroatoms. The number of aromatic amines is 1. The fourth-order valence-corrected chi connectivity index (χ4v) is 3.48. The molecule has 0 fully saturated rings. The van der Waals surface area contributed by atoms with E-state index in [2.05, 4.69) is 16.8 Å². The molecule has 0 spiro atoms. The van der Waals surface area contributed by atoms with Crippen LogP contribution >= 0.6 is 0 Å². The van der Waals surface area contributed by atoms with Crippen molar-refractivity contribution in [1.82, 2.24) is 10.2 Å². The molecule has 0 saturated heterocycles. The summed E-state index contributed by atoms with van der Waals surface area (Å²) in [5.41, 5.74) is 2.27. The number of nitrogens with zero attached hydrogens (tertiary/aromatic N) is 1. The Kier molecular flexibility index (Phi) is 6.17. The van der Waals surface area contributed by atoms with Crippen molar-refractivity contribution in [3.05, 3.63) is 76.9 Å². The van der Waals surface area contributed by atoms with Crippen molar-refractivity contribution in [3.8, 4) is 28.1 Å². The molecule has 0 aliphatic rings. The highest BCUT2D eigenvalue weighted by molar-refractivity contribution is 7.90. The number of H-pyrrole nitrogens is 1. The Hall–Kier alpha value is -3.26. The van der Waals surface area contributed by atoms with Crippen LogP contribution in [0.25, 0.3) is 22.4 Å². The van der Waals surface area contributed by atoms with E-state index in [1.165, 1.54) is 24.3 Å². The Labute approximate surface area is 174 Å². The van der Waals surface area contributed by atoms with E-state index in [-0.39, 0.29) is 17.3 Å². The van der Waals surface area contributed by atoms with E-state index in [1.54, 1.807) is 24.3 Å². The maximum absolute atomic E-state index is 13.4. The first-order valence-electron chi connectivity index (χ1n) is 9.13. The van der Waals surface area contributed by atoms with E-state index in [1.807, 2.05) is 6.92 Å². The van der Waals surface area contributed by atoms with Crippen LogP contribution in [0.2, 0.25) is 0 Å². The minimum atomic E-state index is -3.38. The summed E-state index contributed by atoms with van der Waals surface area (Å²) in [5, 5.41) is 6.58. The zero-order chi connectivity index (χ0) is 21.9. The lowest BCUT2D eigenvalue weighted by Crippen LogP contribution is -2.16. The van der Waals surface area contributed by atoms with Crippen LogP contribution in [0.4, 0.5) is 4.39 Å². The molecule has 0 bridgehead atoms. The first kappa shape index (κ1) is 21.4. The molecular formula is C22H21FN2O4S. The summed E-state index contributed by atoms with van der Waals surface area (Å²) in [7, 11) is -3.38. The van der Waals surface area contributed by atoms with Crippen LogP contribution < -0.4 is 10.3 Å². The third kappa shape index (κ3) is 4.83. The number of nitrogens with one attached hydrogen (secondary N) is 1. The van der Waals surface area contributed by atoms with Crippen molar-refractivity contribution in [1.29, 1.82) is 0 Å². The molecule has 1 N–H and O–H groups in total. The van der Waals surface area contributed by atoms with Gasteiger partial charge < -0.3 is 4.74 Å². The molecule has 3 rings (SSSR count). The van der Waals surface area contributed by atoms with Crippen molar-refractivity contribution < 1.29 is 17.5 Å². The first-order valence-corrected chi connectivity index (χ1v) is 11.0. The number of halogens is 1. The zero-order valence-corrected chi connectivity index (χ0v) is 17.4. The Morgan fingerprint density at radius 3 is 2.27 bits per heavy atom. The van der Waals surface area contributed by atoms with Gasteiger partial charge in [-0.25, -0.2) is 17.9 Å². The maximum atomic E-state index is 13.4. The SMILES string of the molecule is C=C(C)CCOc1c(-c2ccc(S(C)(=O)=O)cc2)c(-c2ccc(F)cc2)n[nH]c1=O. The third-order valence-electron chi connectivity index (χ3n) is 4.40. The minimum absolute atomic E-state index is 0.0534. The standard InChI is InChI=1S/C22H21FN2O4S/c1-14(2)12-13-29-21-19(15-6-10-18(11-7-15)30(3,27)28)20(24-25-22(21)26)16-4-8-17(23)9-5-16/h4-11H,1,12-13H2,2-3H3,(H,25,26). The van der Waals surface area contributed by atoms with Gasteiger partial charge in [0.15, 0.2) is 15.6 Å². The Balaban J connectivity index is 2.19. The fraction of sp³-hybridized carbons (Fsp3) is 0.182. The smallest absolute Gasteiger partial charge is 0.307 e. The summed E-state index contributed by atoms with van der Waals surface area (Å²) in [6.45, 7) is 5.92. The average Bonchev–Trinajstić information content (AvgIpc) is 2.69. The molecule has 156 valence electrons. The van der Waals surface area contributed by atoms with Crippen LogP contribution in [0.3, 0.4) is 0 Å². The lowest BCUT2D eigenvalue weighted by molar-refractivity contribution is 0.318. The lowest BCUT2D eigenvalue weighted by Gasteiger charge is -2.15. The van der Waals surface area contributed by atoms with Crippen LogP contribution in [0, 0.1) is 5.82 Å². The quantitative estimate of drug-likeness (QED) is 0.575. The molecule has 0 radical (unpaired) electrons. The number of rotatable bonds is 7. The molecule has 30 heavy (non-hydrogen) atoms. The molecule has 3 aromatic rings. The molecule has 1 heterocycles. The molecule has 6 nitrogen and oxygen atoms in total. The van der Waals surface area contributed by atoms with Gasteiger partial charge in [-0.3, -0.25) is 4.79 Å². The van der Waals surface area contributed by atoms with Gasteiger partial charge >= 0.3 is 5.56 Å². The van der Waals surface area contributed by atoms with Crippen LogP contribution in [-0.4, -0.2) is 31.5 Å². The lowest BCUT2D eigenvalue weighted by atomic mass is 9.99. The molecule has 2 aromatic carbocycles. The van der Waals surface area contributed by atoms with Gasteiger partial charge in [0.25, 0.3) is 0 Å². The zero-order valence-electron chi connectivity index (χ0n) is 16.6. The van der Waals surface area contributed by atoms with E-state index < -0.39 is 21.2 Å². The largest absolute Gasteiger partial charge is 0.487 e. The molecule has 0 aliphatic heterocycles. The number of aromatic nitrogens is 2. The molecular weight excluding hydrogens is 407 g/mol. The number of hydrogen-bond donors (Lipinski definition) is 1. The first-order chi connectivity index (χ1) is 14.2. The van der Waals surface area contributed by atoms with Crippen molar-refractivity contribution in [2.24, 2.45) is 0 Å². The molecule has 0 amide bonds. The van der Waals surface area contributed by atoms with Crippen molar-refractivity contribution >= 4 is 9.84 Å². The predicted octanol–water partition coefficient (Wildman–Crippen LogP) is 3.99. The van der Waals surface area contributed by atoms with Crippen LogP contribution in [-0.2, 0) is 9.84 Å². The highest BCUT2D eigenvalue weighted by Crippen LogP contribution is 2.36. The van der Waals surface area contributed by atoms with Crippen LogP contribution in [0.5, 0.6) is 5.75 Å². The summed E-state index contributed by atoms with van der Waals surface area (Å²) >= 11 is 0. The summed E-state index contributed by atoms with van der Waals surface area (Å²) in [4.78, 5) is 12.7.